The topological polar surface area (TPSA) is 86.8 Å². The molecule has 30 heavy (non-hydrogen) atoms. The molecular weight excluding hydrogens is 426 g/mol. The first-order valence-electron chi connectivity index (χ1n) is 9.51. The molecule has 0 aliphatic heterocycles. The van der Waals surface area contributed by atoms with Crippen LogP contribution in [0.4, 0.5) is 5.69 Å². The van der Waals surface area contributed by atoms with Gasteiger partial charge in [-0.3, -0.25) is 9.59 Å². The zero-order valence-electron chi connectivity index (χ0n) is 17.5. The van der Waals surface area contributed by atoms with E-state index in [2.05, 4.69) is 5.32 Å². The number of nitrogens with one attached hydrogen (secondary N) is 1. The van der Waals surface area contributed by atoms with Crippen LogP contribution in [-0.4, -0.2) is 56.1 Å². The summed E-state index contributed by atoms with van der Waals surface area (Å²) >= 11 is 6.16. The van der Waals surface area contributed by atoms with Gasteiger partial charge in [-0.25, -0.2) is 8.42 Å². The van der Waals surface area contributed by atoms with Crippen LogP contribution < -0.4 is 5.32 Å². The molecule has 2 rings (SSSR count). The third-order valence-corrected chi connectivity index (χ3v) is 6.95. The van der Waals surface area contributed by atoms with Gasteiger partial charge in [-0.15, -0.1) is 0 Å². The van der Waals surface area contributed by atoms with Crippen molar-refractivity contribution in [2.75, 3.05) is 32.0 Å². The number of anilines is 1. The second-order valence-electron chi connectivity index (χ2n) is 6.81. The van der Waals surface area contributed by atoms with E-state index in [1.165, 1.54) is 34.5 Å². The first-order chi connectivity index (χ1) is 14.1. The molecule has 9 heteroatoms. The van der Waals surface area contributed by atoms with Gasteiger partial charge in [0.25, 0.3) is 5.91 Å². The predicted octanol–water partition coefficient (Wildman–Crippen LogP) is 3.39. The lowest BCUT2D eigenvalue weighted by molar-refractivity contribution is -0.116. The molecule has 0 unspecified atom stereocenters. The summed E-state index contributed by atoms with van der Waals surface area (Å²) < 4.78 is 26.8. The normalized spacial score (nSPS) is 11.4. The second-order valence-corrected chi connectivity index (χ2v) is 9.15. The maximum absolute atomic E-state index is 12.8. The zero-order chi connectivity index (χ0) is 22.5. The molecule has 0 aliphatic rings. The third-order valence-electron chi connectivity index (χ3n) is 4.57. The molecule has 2 aromatic rings. The fourth-order valence-corrected chi connectivity index (χ4v) is 4.55. The van der Waals surface area contributed by atoms with E-state index in [0.29, 0.717) is 18.8 Å². The molecule has 162 valence electrons. The van der Waals surface area contributed by atoms with E-state index in [1.807, 2.05) is 19.1 Å². The highest BCUT2D eigenvalue weighted by Crippen LogP contribution is 2.24. The highest BCUT2D eigenvalue weighted by atomic mass is 35.5. The molecule has 2 aromatic carbocycles. The molecular formula is C21H26ClN3O4S. The number of hydrogen-bond donors (Lipinski definition) is 1. The number of rotatable bonds is 8. The van der Waals surface area contributed by atoms with Crippen molar-refractivity contribution in [1.82, 2.24) is 9.21 Å². The highest BCUT2D eigenvalue weighted by Gasteiger charge is 2.25. The Bertz CT molecular complexity index is 1020. The number of likely N-dealkylation sites (N-methyl/N-ethyl adjacent to an activating group) is 1. The Morgan fingerprint density at radius 3 is 2.20 bits per heavy atom. The van der Waals surface area contributed by atoms with Crippen molar-refractivity contribution in [1.29, 1.82) is 0 Å². The van der Waals surface area contributed by atoms with Crippen LogP contribution in [0.1, 0.15) is 29.8 Å². The van der Waals surface area contributed by atoms with Gasteiger partial charge >= 0.3 is 0 Å². The predicted molar refractivity (Wildman–Crippen MR) is 118 cm³/mol. The molecule has 0 saturated heterocycles. The van der Waals surface area contributed by atoms with E-state index in [9.17, 15) is 18.0 Å². The molecule has 2 amide bonds. The van der Waals surface area contributed by atoms with E-state index in [0.717, 1.165) is 5.56 Å². The first-order valence-corrected chi connectivity index (χ1v) is 11.3. The molecule has 0 atom stereocenters. The molecule has 0 fully saturated rings. The average Bonchev–Trinajstić information content (AvgIpc) is 2.70. The van der Waals surface area contributed by atoms with Gasteiger partial charge in [0.1, 0.15) is 0 Å². The van der Waals surface area contributed by atoms with Crippen LogP contribution in [-0.2, 0) is 14.8 Å². The molecule has 0 heterocycles. The fraction of sp³-hybridized carbons (Fsp3) is 0.333. The van der Waals surface area contributed by atoms with Crippen molar-refractivity contribution in [2.45, 2.75) is 25.7 Å². The summed E-state index contributed by atoms with van der Waals surface area (Å²) in [7, 11) is -2.29. The van der Waals surface area contributed by atoms with E-state index in [1.54, 1.807) is 26.0 Å². The van der Waals surface area contributed by atoms with Crippen molar-refractivity contribution >= 4 is 39.1 Å². The molecule has 0 saturated carbocycles. The Morgan fingerprint density at radius 2 is 1.63 bits per heavy atom. The van der Waals surface area contributed by atoms with E-state index < -0.39 is 15.9 Å². The summed E-state index contributed by atoms with van der Waals surface area (Å²) in [4.78, 5) is 26.3. The number of carbonyl (C=O) groups is 2. The lowest BCUT2D eigenvalue weighted by Gasteiger charge is -2.20. The third kappa shape index (κ3) is 5.59. The van der Waals surface area contributed by atoms with Crippen LogP contribution in [0.5, 0.6) is 0 Å². The summed E-state index contributed by atoms with van der Waals surface area (Å²) in [5.41, 5.74) is 1.71. The van der Waals surface area contributed by atoms with Gasteiger partial charge in [0.15, 0.2) is 0 Å². The minimum absolute atomic E-state index is 0.0172. The van der Waals surface area contributed by atoms with Crippen LogP contribution in [0.3, 0.4) is 0 Å². The van der Waals surface area contributed by atoms with Gasteiger partial charge < -0.3 is 10.2 Å². The molecule has 1 N–H and O–H groups in total. The Kier molecular flexibility index (Phi) is 8.00. The Labute approximate surface area is 182 Å². The van der Waals surface area contributed by atoms with Gasteiger partial charge in [-0.2, -0.15) is 4.31 Å². The van der Waals surface area contributed by atoms with Crippen LogP contribution in [0.2, 0.25) is 5.02 Å². The number of carbonyl (C=O) groups excluding carboxylic acids is 2. The van der Waals surface area contributed by atoms with Gasteiger partial charge in [0.2, 0.25) is 15.9 Å². The lowest BCUT2D eigenvalue weighted by Crippen LogP contribution is -2.35. The largest absolute Gasteiger partial charge is 0.332 e. The quantitative estimate of drug-likeness (QED) is 0.666. The van der Waals surface area contributed by atoms with Gasteiger partial charge in [-0.05, 0) is 37.3 Å². The lowest BCUT2D eigenvalue weighted by atomic mass is 10.2. The number of nitrogens with zero attached hydrogens (tertiary/aromatic N) is 2. The maximum Gasteiger partial charge on any atom is 0.255 e. The molecule has 0 bridgehead atoms. The van der Waals surface area contributed by atoms with Crippen molar-refractivity contribution in [2.24, 2.45) is 0 Å². The molecule has 0 aliphatic carbocycles. The summed E-state index contributed by atoms with van der Waals surface area (Å²) in [5.74, 6) is -0.923. The van der Waals surface area contributed by atoms with Crippen LogP contribution >= 0.6 is 11.6 Å². The number of halogens is 1. The SMILES string of the molecule is CCN(CC)S(=O)(=O)c1ccc(Cl)c(C(=O)N(C)CC(=O)Nc2ccc(C)cc2)c1. The number of hydrogen-bond acceptors (Lipinski definition) is 4. The van der Waals surface area contributed by atoms with Crippen molar-refractivity contribution in [3.05, 3.63) is 58.6 Å². The summed E-state index contributed by atoms with van der Waals surface area (Å²) in [5, 5.41) is 2.83. The van der Waals surface area contributed by atoms with Gasteiger partial charge in [0, 0.05) is 25.8 Å². The smallest absolute Gasteiger partial charge is 0.255 e. The van der Waals surface area contributed by atoms with Crippen molar-refractivity contribution in [3.63, 3.8) is 0 Å². The van der Waals surface area contributed by atoms with Crippen molar-refractivity contribution < 1.29 is 18.0 Å². The average molecular weight is 452 g/mol. The standard InChI is InChI=1S/C21H26ClN3O4S/c1-5-25(6-2)30(28,29)17-11-12-19(22)18(13-17)21(27)24(4)14-20(26)23-16-9-7-15(3)8-10-16/h7-13H,5-6,14H2,1-4H3,(H,23,26). The van der Waals surface area contributed by atoms with Crippen LogP contribution in [0, 0.1) is 6.92 Å². The minimum Gasteiger partial charge on any atom is -0.332 e. The van der Waals surface area contributed by atoms with E-state index in [-0.39, 0.29) is 27.9 Å². The van der Waals surface area contributed by atoms with E-state index in [4.69, 9.17) is 11.6 Å². The second kappa shape index (κ2) is 10.1. The highest BCUT2D eigenvalue weighted by molar-refractivity contribution is 7.89. The van der Waals surface area contributed by atoms with Crippen LogP contribution in [0.15, 0.2) is 47.4 Å². The first kappa shape index (κ1) is 23.9. The number of sulfonamides is 1. The Morgan fingerprint density at radius 1 is 1.03 bits per heavy atom. The van der Waals surface area contributed by atoms with Gasteiger partial charge in [0.05, 0.1) is 22.0 Å². The Hall–Kier alpha value is -2.42. The monoisotopic (exact) mass is 451 g/mol. The maximum atomic E-state index is 12.8. The number of benzene rings is 2. The molecule has 0 spiro atoms. The van der Waals surface area contributed by atoms with E-state index >= 15 is 0 Å². The number of amides is 2. The molecule has 0 aromatic heterocycles. The van der Waals surface area contributed by atoms with Crippen molar-refractivity contribution in [3.8, 4) is 0 Å². The summed E-state index contributed by atoms with van der Waals surface area (Å²) in [6, 6.07) is 11.3. The van der Waals surface area contributed by atoms with Crippen LogP contribution in [0.25, 0.3) is 0 Å². The molecule has 7 nitrogen and oxygen atoms in total. The fourth-order valence-electron chi connectivity index (χ4n) is 2.87. The summed E-state index contributed by atoms with van der Waals surface area (Å²) in [6.07, 6.45) is 0. The van der Waals surface area contributed by atoms with Gasteiger partial charge in [-0.1, -0.05) is 43.1 Å². The molecule has 0 radical (unpaired) electrons. The minimum atomic E-state index is -3.74. The summed E-state index contributed by atoms with van der Waals surface area (Å²) in [6.45, 7) is 5.83. The Balaban J connectivity index is 2.19. The number of aryl methyl sites for hydroxylation is 1. The zero-order valence-corrected chi connectivity index (χ0v) is 19.0.